The molecule has 1 atom stereocenters. The fourth-order valence-corrected chi connectivity index (χ4v) is 1.34. The molecule has 0 saturated heterocycles. The van der Waals surface area contributed by atoms with Crippen LogP contribution in [0.25, 0.3) is 0 Å². The Morgan fingerprint density at radius 3 is 2.65 bits per heavy atom. The third kappa shape index (κ3) is 4.20. The maximum Gasteiger partial charge on any atom is 0.228 e. The molecule has 1 amide bonds. The largest absolute Gasteiger partial charge is 0.494 e. The van der Waals surface area contributed by atoms with E-state index in [0.717, 1.165) is 11.4 Å². The fourth-order valence-electron chi connectivity index (χ4n) is 1.34. The molecule has 3 heteroatoms. The number of benzene rings is 1. The summed E-state index contributed by atoms with van der Waals surface area (Å²) in [5, 5.41) is 2.81. The van der Waals surface area contributed by atoms with Crippen LogP contribution in [0.2, 0.25) is 0 Å². The summed E-state index contributed by atoms with van der Waals surface area (Å²) in [6, 6.07) is 7.27. The molecule has 1 N–H and O–H groups in total. The molecule has 0 aromatic heterocycles. The van der Waals surface area contributed by atoms with E-state index in [1.807, 2.05) is 38.1 Å². The molecule has 0 spiro atoms. The standard InChI is InChI=1S/C14H17NO2/c1-4-6-11(3)14(16)15-12-7-9-13(10-8-12)17-5-2/h1,7-11H,5-6H2,2-3H3,(H,15,16). The van der Waals surface area contributed by atoms with Crippen LogP contribution in [0.4, 0.5) is 5.69 Å². The van der Waals surface area contributed by atoms with Crippen LogP contribution in [0.3, 0.4) is 0 Å². The van der Waals surface area contributed by atoms with E-state index in [2.05, 4.69) is 11.2 Å². The highest BCUT2D eigenvalue weighted by atomic mass is 16.5. The molecule has 1 unspecified atom stereocenters. The van der Waals surface area contributed by atoms with Gasteiger partial charge >= 0.3 is 0 Å². The number of amides is 1. The fraction of sp³-hybridized carbons (Fsp3) is 0.357. The highest BCUT2D eigenvalue weighted by molar-refractivity contribution is 5.92. The van der Waals surface area contributed by atoms with Crippen molar-refractivity contribution < 1.29 is 9.53 Å². The lowest BCUT2D eigenvalue weighted by Crippen LogP contribution is -2.19. The first kappa shape index (κ1) is 13.1. The average Bonchev–Trinajstić information content (AvgIpc) is 2.32. The molecule has 0 aliphatic carbocycles. The van der Waals surface area contributed by atoms with E-state index >= 15 is 0 Å². The monoisotopic (exact) mass is 231 g/mol. The Morgan fingerprint density at radius 1 is 1.47 bits per heavy atom. The lowest BCUT2D eigenvalue weighted by molar-refractivity contribution is -0.119. The van der Waals surface area contributed by atoms with E-state index in [0.29, 0.717) is 13.0 Å². The average molecular weight is 231 g/mol. The third-order valence-corrected chi connectivity index (χ3v) is 2.30. The van der Waals surface area contributed by atoms with Crippen molar-refractivity contribution in [3.05, 3.63) is 24.3 Å². The highest BCUT2D eigenvalue weighted by Crippen LogP contribution is 2.16. The van der Waals surface area contributed by atoms with Gasteiger partial charge in [-0.1, -0.05) is 6.92 Å². The summed E-state index contributed by atoms with van der Waals surface area (Å²) in [4.78, 5) is 11.7. The van der Waals surface area contributed by atoms with Crippen LogP contribution in [0.1, 0.15) is 20.3 Å². The van der Waals surface area contributed by atoms with Gasteiger partial charge < -0.3 is 10.1 Å². The van der Waals surface area contributed by atoms with Crippen LogP contribution in [-0.2, 0) is 4.79 Å². The van der Waals surface area contributed by atoms with Gasteiger partial charge in [0, 0.05) is 18.0 Å². The molecular formula is C14H17NO2. The van der Waals surface area contributed by atoms with Crippen LogP contribution in [0.15, 0.2) is 24.3 Å². The minimum absolute atomic E-state index is 0.0629. The first-order chi connectivity index (χ1) is 8.17. The second kappa shape index (κ2) is 6.59. The first-order valence-electron chi connectivity index (χ1n) is 5.64. The summed E-state index contributed by atoms with van der Waals surface area (Å²) in [5.74, 6) is 3.04. The Morgan fingerprint density at radius 2 is 2.12 bits per heavy atom. The van der Waals surface area contributed by atoms with Gasteiger partial charge in [0.2, 0.25) is 5.91 Å². The molecule has 90 valence electrons. The Labute approximate surface area is 102 Å². The molecule has 1 aromatic rings. The van der Waals surface area contributed by atoms with E-state index in [1.165, 1.54) is 0 Å². The number of nitrogens with one attached hydrogen (secondary N) is 1. The van der Waals surface area contributed by atoms with Gasteiger partial charge in [-0.3, -0.25) is 4.79 Å². The molecule has 0 heterocycles. The van der Waals surface area contributed by atoms with Gasteiger partial charge in [-0.05, 0) is 31.2 Å². The van der Waals surface area contributed by atoms with Gasteiger partial charge in [0.05, 0.1) is 6.61 Å². The van der Waals surface area contributed by atoms with E-state index in [1.54, 1.807) is 0 Å². The Hall–Kier alpha value is -1.95. The molecule has 0 bridgehead atoms. The van der Waals surface area contributed by atoms with Gasteiger partial charge in [-0.15, -0.1) is 12.3 Å². The zero-order valence-electron chi connectivity index (χ0n) is 10.2. The van der Waals surface area contributed by atoms with Crippen molar-refractivity contribution in [2.45, 2.75) is 20.3 Å². The van der Waals surface area contributed by atoms with Crippen molar-refractivity contribution in [1.82, 2.24) is 0 Å². The predicted octanol–water partition coefficient (Wildman–Crippen LogP) is 2.68. The smallest absolute Gasteiger partial charge is 0.228 e. The van der Waals surface area contributed by atoms with Gasteiger partial charge in [0.15, 0.2) is 0 Å². The Kier molecular flexibility index (Phi) is 5.09. The lowest BCUT2D eigenvalue weighted by Gasteiger charge is -2.10. The summed E-state index contributed by atoms with van der Waals surface area (Å²) in [6.45, 7) is 4.37. The second-order valence-electron chi connectivity index (χ2n) is 3.76. The van der Waals surface area contributed by atoms with E-state index in [9.17, 15) is 4.79 Å². The minimum atomic E-state index is -0.174. The quantitative estimate of drug-likeness (QED) is 0.791. The molecule has 0 saturated carbocycles. The molecule has 17 heavy (non-hydrogen) atoms. The first-order valence-corrected chi connectivity index (χ1v) is 5.64. The Bertz CT molecular complexity index is 403. The number of carbonyl (C=O) groups excluding carboxylic acids is 1. The zero-order chi connectivity index (χ0) is 12.7. The van der Waals surface area contributed by atoms with E-state index < -0.39 is 0 Å². The molecule has 0 aliphatic heterocycles. The summed E-state index contributed by atoms with van der Waals surface area (Å²) in [7, 11) is 0. The van der Waals surface area contributed by atoms with Gasteiger partial charge in [0.25, 0.3) is 0 Å². The molecular weight excluding hydrogens is 214 g/mol. The molecule has 3 nitrogen and oxygen atoms in total. The van der Waals surface area contributed by atoms with Crippen molar-refractivity contribution in [2.75, 3.05) is 11.9 Å². The zero-order valence-corrected chi connectivity index (χ0v) is 10.2. The highest BCUT2D eigenvalue weighted by Gasteiger charge is 2.11. The second-order valence-corrected chi connectivity index (χ2v) is 3.76. The van der Waals surface area contributed by atoms with Crippen molar-refractivity contribution in [3.8, 4) is 18.1 Å². The number of carbonyl (C=O) groups is 1. The topological polar surface area (TPSA) is 38.3 Å². The maximum atomic E-state index is 11.7. The van der Waals surface area contributed by atoms with E-state index in [4.69, 9.17) is 11.2 Å². The normalized spacial score (nSPS) is 11.4. The molecule has 1 aromatic carbocycles. The van der Waals surface area contributed by atoms with Crippen LogP contribution in [0.5, 0.6) is 5.75 Å². The number of ether oxygens (including phenoxy) is 1. The summed E-state index contributed by atoms with van der Waals surface area (Å²) in [5.41, 5.74) is 0.752. The minimum Gasteiger partial charge on any atom is -0.494 e. The number of hydrogen-bond acceptors (Lipinski definition) is 2. The molecule has 0 radical (unpaired) electrons. The van der Waals surface area contributed by atoms with Gasteiger partial charge in [0.1, 0.15) is 5.75 Å². The number of anilines is 1. The van der Waals surface area contributed by atoms with Crippen molar-refractivity contribution in [3.63, 3.8) is 0 Å². The van der Waals surface area contributed by atoms with Crippen LogP contribution in [0, 0.1) is 18.3 Å². The number of hydrogen-bond donors (Lipinski definition) is 1. The summed E-state index contributed by atoms with van der Waals surface area (Å²) < 4.78 is 5.31. The number of terminal acetylenes is 1. The SMILES string of the molecule is C#CCC(C)C(=O)Nc1ccc(OCC)cc1. The van der Waals surface area contributed by atoms with Crippen molar-refractivity contribution in [2.24, 2.45) is 5.92 Å². The number of rotatable bonds is 5. The summed E-state index contributed by atoms with van der Waals surface area (Å²) >= 11 is 0. The summed E-state index contributed by atoms with van der Waals surface area (Å²) in [6.07, 6.45) is 5.61. The van der Waals surface area contributed by atoms with Gasteiger partial charge in [-0.25, -0.2) is 0 Å². The molecule has 1 rings (SSSR count). The van der Waals surface area contributed by atoms with Gasteiger partial charge in [-0.2, -0.15) is 0 Å². The maximum absolute atomic E-state index is 11.7. The van der Waals surface area contributed by atoms with Crippen molar-refractivity contribution in [1.29, 1.82) is 0 Å². The van der Waals surface area contributed by atoms with Crippen LogP contribution in [-0.4, -0.2) is 12.5 Å². The van der Waals surface area contributed by atoms with Crippen LogP contribution >= 0.6 is 0 Å². The Balaban J connectivity index is 2.57. The predicted molar refractivity (Wildman–Crippen MR) is 68.9 cm³/mol. The van der Waals surface area contributed by atoms with Crippen LogP contribution < -0.4 is 10.1 Å². The lowest BCUT2D eigenvalue weighted by atomic mass is 10.1. The third-order valence-electron chi connectivity index (χ3n) is 2.30. The molecule has 0 fully saturated rings. The van der Waals surface area contributed by atoms with Crippen molar-refractivity contribution >= 4 is 11.6 Å². The molecule has 0 aliphatic rings. The van der Waals surface area contributed by atoms with E-state index in [-0.39, 0.29) is 11.8 Å².